The van der Waals surface area contributed by atoms with E-state index in [1.54, 1.807) is 13.1 Å². The third kappa shape index (κ3) is 8.46. The topological polar surface area (TPSA) is 85.8 Å². The summed E-state index contributed by atoms with van der Waals surface area (Å²) in [5.41, 5.74) is 0.258. The van der Waals surface area contributed by atoms with Gasteiger partial charge in [0.05, 0.1) is 6.26 Å². The first-order valence-electron chi connectivity index (χ1n) is 9.60. The van der Waals surface area contributed by atoms with Crippen molar-refractivity contribution in [1.29, 1.82) is 0 Å². The van der Waals surface area contributed by atoms with E-state index in [0.717, 1.165) is 37.8 Å². The number of hydrogen-bond donors (Lipinski definition) is 3. The van der Waals surface area contributed by atoms with Gasteiger partial charge in [-0.2, -0.15) is 0 Å². The van der Waals surface area contributed by atoms with Crippen LogP contribution in [0.2, 0.25) is 5.02 Å². The molecule has 0 bridgehead atoms. The first-order valence-corrected chi connectivity index (χ1v) is 11.9. The molecule has 1 unspecified atom stereocenters. The van der Waals surface area contributed by atoms with Gasteiger partial charge in [0.1, 0.15) is 5.82 Å². The van der Waals surface area contributed by atoms with E-state index >= 15 is 0 Å². The summed E-state index contributed by atoms with van der Waals surface area (Å²) in [6.45, 7) is 6.42. The monoisotopic (exact) mass is 447 g/mol. The summed E-state index contributed by atoms with van der Waals surface area (Å²) in [5.74, 6) is 0.292. The van der Waals surface area contributed by atoms with Crippen molar-refractivity contribution in [2.24, 2.45) is 4.99 Å². The van der Waals surface area contributed by atoms with Gasteiger partial charge in [-0.15, -0.1) is 0 Å². The summed E-state index contributed by atoms with van der Waals surface area (Å²) >= 11 is 6.16. The fourth-order valence-corrected chi connectivity index (χ4v) is 4.74. The van der Waals surface area contributed by atoms with Gasteiger partial charge in [-0.05, 0) is 50.9 Å². The van der Waals surface area contributed by atoms with Crippen molar-refractivity contribution in [1.82, 2.24) is 20.3 Å². The van der Waals surface area contributed by atoms with Crippen LogP contribution in [-0.4, -0.2) is 63.8 Å². The minimum absolute atomic E-state index is 0.195. The van der Waals surface area contributed by atoms with Crippen LogP contribution in [-0.2, 0) is 16.6 Å². The van der Waals surface area contributed by atoms with Crippen LogP contribution < -0.4 is 15.4 Å². The van der Waals surface area contributed by atoms with Crippen molar-refractivity contribution < 1.29 is 12.8 Å². The second kappa shape index (κ2) is 10.1. The van der Waals surface area contributed by atoms with Crippen LogP contribution in [0.5, 0.6) is 0 Å². The molecule has 0 radical (unpaired) electrons. The standard InChI is InChI=1S/C19H31ClFN5O2S/c1-19(2,25-29(4,27)28)13-23-18(22-3)24-16-6-5-9-26(12-16)11-14-7-8-15(21)10-17(14)20/h7-8,10,16,25H,5-6,9,11-13H2,1-4H3,(H2,22,23,24). The van der Waals surface area contributed by atoms with E-state index in [2.05, 4.69) is 25.2 Å². The lowest BCUT2D eigenvalue weighted by Crippen LogP contribution is -2.56. The molecule has 0 aromatic heterocycles. The van der Waals surface area contributed by atoms with E-state index in [-0.39, 0.29) is 11.9 Å². The van der Waals surface area contributed by atoms with E-state index in [1.165, 1.54) is 12.1 Å². The highest BCUT2D eigenvalue weighted by Gasteiger charge is 2.24. The third-order valence-electron chi connectivity index (χ3n) is 4.64. The highest BCUT2D eigenvalue weighted by atomic mass is 35.5. The average molecular weight is 448 g/mol. The first-order chi connectivity index (χ1) is 13.5. The van der Waals surface area contributed by atoms with Crippen molar-refractivity contribution in [3.63, 3.8) is 0 Å². The van der Waals surface area contributed by atoms with Gasteiger partial charge in [0.25, 0.3) is 0 Å². The molecule has 164 valence electrons. The van der Waals surface area contributed by atoms with Crippen LogP contribution in [0.4, 0.5) is 4.39 Å². The Kier molecular flexibility index (Phi) is 8.28. The predicted molar refractivity (Wildman–Crippen MR) is 116 cm³/mol. The van der Waals surface area contributed by atoms with Crippen molar-refractivity contribution >= 4 is 27.6 Å². The molecule has 1 aromatic carbocycles. The maximum Gasteiger partial charge on any atom is 0.209 e. The van der Waals surface area contributed by atoms with Crippen LogP contribution in [0, 0.1) is 5.82 Å². The zero-order chi connectivity index (χ0) is 21.7. The molecule has 1 aliphatic heterocycles. The normalized spacial score (nSPS) is 19.2. The Balaban J connectivity index is 1.89. The van der Waals surface area contributed by atoms with Gasteiger partial charge in [-0.3, -0.25) is 9.89 Å². The van der Waals surface area contributed by atoms with Crippen LogP contribution in [0.15, 0.2) is 23.2 Å². The van der Waals surface area contributed by atoms with Gasteiger partial charge in [-0.1, -0.05) is 17.7 Å². The van der Waals surface area contributed by atoms with Crippen LogP contribution >= 0.6 is 11.6 Å². The second-order valence-corrected chi connectivity index (χ2v) is 10.3. The number of nitrogens with zero attached hydrogens (tertiary/aromatic N) is 2. The number of nitrogens with one attached hydrogen (secondary N) is 3. The number of hydrogen-bond acceptors (Lipinski definition) is 4. The Morgan fingerprint density at radius 3 is 2.76 bits per heavy atom. The summed E-state index contributed by atoms with van der Waals surface area (Å²) in [6.07, 6.45) is 3.17. The summed E-state index contributed by atoms with van der Waals surface area (Å²) in [5, 5.41) is 7.04. The number of benzene rings is 1. The van der Waals surface area contributed by atoms with Gasteiger partial charge in [0.15, 0.2) is 5.96 Å². The Morgan fingerprint density at radius 2 is 2.14 bits per heavy atom. The fraction of sp³-hybridized carbons (Fsp3) is 0.632. The van der Waals surface area contributed by atoms with Crippen LogP contribution in [0.1, 0.15) is 32.3 Å². The molecule has 1 atom stereocenters. The minimum Gasteiger partial charge on any atom is -0.355 e. The summed E-state index contributed by atoms with van der Waals surface area (Å²) in [7, 11) is -1.61. The quantitative estimate of drug-likeness (QED) is 0.439. The lowest BCUT2D eigenvalue weighted by atomic mass is 10.0. The smallest absolute Gasteiger partial charge is 0.209 e. The minimum atomic E-state index is -3.30. The lowest BCUT2D eigenvalue weighted by Gasteiger charge is -2.34. The van der Waals surface area contributed by atoms with Crippen molar-refractivity contribution in [2.75, 3.05) is 32.9 Å². The van der Waals surface area contributed by atoms with E-state index in [0.29, 0.717) is 24.1 Å². The van der Waals surface area contributed by atoms with E-state index < -0.39 is 15.6 Å². The number of likely N-dealkylation sites (tertiary alicyclic amines) is 1. The van der Waals surface area contributed by atoms with Gasteiger partial charge >= 0.3 is 0 Å². The van der Waals surface area contributed by atoms with Gasteiger partial charge < -0.3 is 10.6 Å². The Hall–Kier alpha value is -1.42. The molecule has 1 aliphatic rings. The predicted octanol–water partition coefficient (Wildman–Crippen LogP) is 1.94. The van der Waals surface area contributed by atoms with E-state index in [9.17, 15) is 12.8 Å². The summed E-state index contributed by atoms with van der Waals surface area (Å²) in [4.78, 5) is 6.53. The average Bonchev–Trinajstić information content (AvgIpc) is 2.59. The van der Waals surface area contributed by atoms with Crippen LogP contribution in [0.3, 0.4) is 0 Å². The SMILES string of the molecule is CN=C(NCC(C)(C)NS(C)(=O)=O)NC1CCCN(Cc2ccc(F)cc2Cl)C1. The fourth-order valence-electron chi connectivity index (χ4n) is 3.44. The Morgan fingerprint density at radius 1 is 1.41 bits per heavy atom. The van der Waals surface area contributed by atoms with E-state index in [4.69, 9.17) is 11.6 Å². The molecular formula is C19H31ClFN5O2S. The Bertz CT molecular complexity index is 832. The van der Waals surface area contributed by atoms with Crippen molar-refractivity contribution in [3.8, 4) is 0 Å². The second-order valence-electron chi connectivity index (χ2n) is 8.14. The van der Waals surface area contributed by atoms with Crippen LogP contribution in [0.25, 0.3) is 0 Å². The number of aliphatic imine (C=N–C) groups is 1. The third-order valence-corrected chi connectivity index (χ3v) is 5.91. The van der Waals surface area contributed by atoms with Crippen molar-refractivity contribution in [2.45, 2.75) is 44.8 Å². The molecule has 3 N–H and O–H groups in total. The molecule has 0 amide bonds. The summed E-state index contributed by atoms with van der Waals surface area (Å²) in [6, 6.07) is 4.69. The van der Waals surface area contributed by atoms with Gasteiger partial charge in [0, 0.05) is 43.3 Å². The molecule has 0 aliphatic carbocycles. The molecule has 10 heteroatoms. The molecule has 1 saturated heterocycles. The zero-order valence-corrected chi connectivity index (χ0v) is 19.0. The number of piperidine rings is 1. The molecule has 0 saturated carbocycles. The highest BCUT2D eigenvalue weighted by molar-refractivity contribution is 7.88. The summed E-state index contributed by atoms with van der Waals surface area (Å²) < 4.78 is 38.8. The molecule has 2 rings (SSSR count). The highest BCUT2D eigenvalue weighted by Crippen LogP contribution is 2.21. The van der Waals surface area contributed by atoms with Crippen molar-refractivity contribution in [3.05, 3.63) is 34.6 Å². The number of guanidine groups is 1. The van der Waals surface area contributed by atoms with Gasteiger partial charge in [-0.25, -0.2) is 17.5 Å². The molecule has 1 fully saturated rings. The zero-order valence-electron chi connectivity index (χ0n) is 17.4. The molecule has 29 heavy (non-hydrogen) atoms. The number of rotatable bonds is 7. The first kappa shape index (κ1) is 23.9. The maximum absolute atomic E-state index is 13.3. The number of halogens is 2. The Labute approximate surface area is 178 Å². The lowest BCUT2D eigenvalue weighted by molar-refractivity contribution is 0.192. The largest absolute Gasteiger partial charge is 0.355 e. The molecule has 7 nitrogen and oxygen atoms in total. The molecule has 0 spiro atoms. The molecular weight excluding hydrogens is 417 g/mol. The maximum atomic E-state index is 13.3. The molecule has 1 aromatic rings. The number of sulfonamides is 1. The van der Waals surface area contributed by atoms with E-state index in [1.807, 2.05) is 13.8 Å². The van der Waals surface area contributed by atoms with Gasteiger partial charge in [0.2, 0.25) is 10.0 Å². The molecule has 1 heterocycles.